The summed E-state index contributed by atoms with van der Waals surface area (Å²) in [5, 5.41) is 11.5. The summed E-state index contributed by atoms with van der Waals surface area (Å²) >= 11 is 0. The van der Waals surface area contributed by atoms with Crippen LogP contribution in [0.5, 0.6) is 11.5 Å². The molecule has 0 fully saturated rings. The molecule has 19 heteroatoms. The lowest BCUT2D eigenvalue weighted by molar-refractivity contribution is -0.288. The summed E-state index contributed by atoms with van der Waals surface area (Å²) < 4.78 is 148. The second-order valence-corrected chi connectivity index (χ2v) is 9.82. The molecule has 4 heterocycles. The maximum atomic E-state index is 13.6. The lowest BCUT2D eigenvalue weighted by Crippen LogP contribution is -2.33. The molecule has 0 aliphatic rings. The fourth-order valence-corrected chi connectivity index (χ4v) is 4.40. The van der Waals surface area contributed by atoms with Gasteiger partial charge in [0.15, 0.2) is 0 Å². The topological polar surface area (TPSA) is 78.8 Å². The summed E-state index contributed by atoms with van der Waals surface area (Å²) in [5.41, 5.74) is 1.30. The van der Waals surface area contributed by atoms with Gasteiger partial charge in [-0.2, -0.15) is 41.9 Å². The van der Waals surface area contributed by atoms with Gasteiger partial charge in [-0.3, -0.25) is 0 Å². The van der Waals surface area contributed by atoms with Gasteiger partial charge < -0.3 is 9.47 Å². The third-order valence-electron chi connectivity index (χ3n) is 6.50. The lowest BCUT2D eigenvalue weighted by Gasteiger charge is -2.18. The molecule has 0 saturated carbocycles. The summed E-state index contributed by atoms with van der Waals surface area (Å²) in [4.78, 5) is 3.85. The second-order valence-electron chi connectivity index (χ2n) is 9.82. The predicted octanol–water partition coefficient (Wildman–Crippen LogP) is 8.55. The molecule has 0 atom stereocenters. The minimum absolute atomic E-state index is 0.0409. The zero-order valence-corrected chi connectivity index (χ0v) is 23.7. The Labute approximate surface area is 261 Å². The Hall–Kier alpha value is -5.49. The molecule has 0 radical (unpaired) electrons. The van der Waals surface area contributed by atoms with Gasteiger partial charge in [0, 0.05) is 11.1 Å². The number of ether oxygens (including phenoxy) is 2. The van der Waals surface area contributed by atoms with Crippen LogP contribution in [0.25, 0.3) is 33.4 Å². The molecule has 0 spiro atoms. The van der Waals surface area contributed by atoms with Gasteiger partial charge in [-0.15, -0.1) is 26.3 Å². The molecular weight excluding hydrogens is 673 g/mol. The molecule has 0 amide bonds. The van der Waals surface area contributed by atoms with Crippen LogP contribution in [0, 0.1) is 6.92 Å². The third-order valence-corrected chi connectivity index (χ3v) is 6.50. The Bertz CT molecular complexity index is 2050. The van der Waals surface area contributed by atoms with E-state index in [0.29, 0.717) is 11.8 Å². The van der Waals surface area contributed by atoms with Crippen molar-refractivity contribution in [3.05, 3.63) is 96.7 Å². The minimum atomic E-state index is -5.82. The van der Waals surface area contributed by atoms with Gasteiger partial charge in [-0.25, -0.2) is 9.50 Å². The van der Waals surface area contributed by atoms with Gasteiger partial charge in [0.05, 0.1) is 40.9 Å². The molecule has 0 aliphatic carbocycles. The number of nitrogens with zero attached hydrogens (tertiary/aromatic N) is 6. The number of hydrogen-bond donors (Lipinski definition) is 0. The summed E-state index contributed by atoms with van der Waals surface area (Å²) in [6, 6.07) is 13.0. The van der Waals surface area contributed by atoms with E-state index in [2.05, 4.69) is 29.8 Å². The third kappa shape index (κ3) is 7.55. The van der Waals surface area contributed by atoms with Crippen LogP contribution in [-0.2, 0) is 5.92 Å². The van der Waals surface area contributed by atoms with Crippen molar-refractivity contribution in [3.8, 4) is 33.9 Å². The Morgan fingerprint density at radius 3 is 1.92 bits per heavy atom. The van der Waals surface area contributed by atoms with Crippen molar-refractivity contribution in [3.63, 3.8) is 0 Å². The number of halogens is 11. The fraction of sp³-hybridized carbons (Fsp3) is 0.172. The molecule has 6 aromatic rings. The number of alkyl halides is 11. The normalized spacial score (nSPS) is 12.6. The smallest absolute Gasteiger partial charge is 0.406 e. The fourth-order valence-electron chi connectivity index (χ4n) is 4.40. The Morgan fingerprint density at radius 1 is 0.646 bits per heavy atom. The van der Waals surface area contributed by atoms with Crippen LogP contribution in [0.4, 0.5) is 48.3 Å². The lowest BCUT2D eigenvalue weighted by atomic mass is 10.0. The first-order chi connectivity index (χ1) is 22.3. The van der Waals surface area contributed by atoms with Crippen LogP contribution in [-0.4, -0.2) is 48.3 Å². The Kier molecular flexibility index (Phi) is 8.66. The first kappa shape index (κ1) is 33.9. The second kappa shape index (κ2) is 12.3. The molecule has 8 nitrogen and oxygen atoms in total. The number of hydrogen-bond acceptors (Lipinski definition) is 6. The van der Waals surface area contributed by atoms with Gasteiger partial charge >= 0.3 is 24.8 Å². The molecule has 2 aromatic carbocycles. The van der Waals surface area contributed by atoms with Crippen LogP contribution in [0.1, 0.15) is 11.1 Å². The van der Waals surface area contributed by atoms with Crippen LogP contribution in [0.2, 0.25) is 0 Å². The van der Waals surface area contributed by atoms with Gasteiger partial charge in [0.25, 0.3) is 0 Å². The number of rotatable bonds is 5. The van der Waals surface area contributed by atoms with Crippen molar-refractivity contribution in [2.45, 2.75) is 31.7 Å². The van der Waals surface area contributed by atoms with Crippen LogP contribution in [0.15, 0.2) is 85.6 Å². The van der Waals surface area contributed by atoms with Crippen molar-refractivity contribution >= 4 is 11.0 Å². The summed E-state index contributed by atoms with van der Waals surface area (Å²) in [5.74, 6) is -5.90. The summed E-state index contributed by atoms with van der Waals surface area (Å²) in [6.07, 6.45) is -10.9. The highest BCUT2D eigenvalue weighted by Crippen LogP contribution is 2.45. The largest absolute Gasteiger partial charge is 0.573 e. The highest BCUT2D eigenvalue weighted by Gasteiger charge is 2.60. The average Bonchev–Trinajstić information content (AvgIpc) is 3.62. The van der Waals surface area contributed by atoms with Gasteiger partial charge in [-0.05, 0) is 72.6 Å². The zero-order chi connectivity index (χ0) is 35.1. The van der Waals surface area contributed by atoms with Gasteiger partial charge in [0.2, 0.25) is 0 Å². The minimum Gasteiger partial charge on any atom is -0.406 e. The van der Waals surface area contributed by atoms with E-state index in [1.54, 1.807) is 31.5 Å². The number of aryl methyl sites for hydroxylation is 1. The first-order valence-corrected chi connectivity index (χ1v) is 13.1. The highest BCUT2D eigenvalue weighted by molar-refractivity contribution is 5.71. The SMILES string of the molecule is Cc1cc(OC(F)(F)F)ccc1-c1cnn2nccc2c1.FC(F)(F)Oc1ccc(-c2cc3c(C(F)(F)C(F)(F)F)cnn3cn2)cc1. The maximum Gasteiger partial charge on any atom is 0.573 e. The van der Waals surface area contributed by atoms with Gasteiger partial charge in [0.1, 0.15) is 17.8 Å². The summed E-state index contributed by atoms with van der Waals surface area (Å²) in [6.45, 7) is 1.72. The number of fused-ring (bicyclic) bond motifs is 2. The molecule has 0 aliphatic heterocycles. The molecule has 252 valence electrons. The monoisotopic (exact) mass is 690 g/mol. The van der Waals surface area contributed by atoms with Crippen molar-refractivity contribution in [1.29, 1.82) is 0 Å². The van der Waals surface area contributed by atoms with Gasteiger partial charge in [-0.1, -0.05) is 6.07 Å². The van der Waals surface area contributed by atoms with Crippen molar-refractivity contribution in [1.82, 2.24) is 29.4 Å². The van der Waals surface area contributed by atoms with Crippen molar-refractivity contribution in [2.75, 3.05) is 0 Å². The standard InChI is InChI=1S/C15H7F8N3O.C14H10F3N3O/c16-13(17,14(18,19)20)10-6-25-26-7-24-11(5-12(10)26)8-1-3-9(4-2-8)27-15(21,22)23;1-9-6-12(21-14(15,16)17)2-3-13(9)10-7-11-4-5-18-20(11)19-8-10/h1-7H;2-8H,1H3. The molecule has 0 unspecified atom stereocenters. The molecule has 0 bridgehead atoms. The van der Waals surface area contributed by atoms with E-state index in [1.807, 2.05) is 6.07 Å². The molecule has 0 saturated heterocycles. The van der Waals surface area contributed by atoms with Crippen LogP contribution in [0.3, 0.4) is 0 Å². The van der Waals surface area contributed by atoms with E-state index in [-0.39, 0.29) is 17.0 Å². The summed E-state index contributed by atoms with van der Waals surface area (Å²) in [7, 11) is 0. The number of benzene rings is 2. The Morgan fingerprint density at radius 2 is 1.29 bits per heavy atom. The highest BCUT2D eigenvalue weighted by atomic mass is 19.4. The van der Waals surface area contributed by atoms with Crippen molar-refractivity contribution < 1.29 is 57.8 Å². The van der Waals surface area contributed by atoms with Crippen molar-refractivity contribution in [2.24, 2.45) is 0 Å². The molecule has 0 N–H and O–H groups in total. The molecular formula is C29H17F11N6O2. The zero-order valence-electron chi connectivity index (χ0n) is 23.7. The van der Waals surface area contributed by atoms with E-state index in [1.165, 1.54) is 16.8 Å². The quantitative estimate of drug-likeness (QED) is 0.169. The average molecular weight is 690 g/mol. The molecule has 6 rings (SSSR count). The van der Waals surface area contributed by atoms with E-state index >= 15 is 0 Å². The Balaban J connectivity index is 0.000000194. The van der Waals surface area contributed by atoms with E-state index in [0.717, 1.165) is 57.8 Å². The van der Waals surface area contributed by atoms with Crippen LogP contribution < -0.4 is 9.47 Å². The maximum absolute atomic E-state index is 13.6. The first-order valence-electron chi connectivity index (χ1n) is 13.1. The number of aromatic nitrogens is 6. The predicted molar refractivity (Wildman–Crippen MR) is 145 cm³/mol. The van der Waals surface area contributed by atoms with E-state index < -0.39 is 41.7 Å². The van der Waals surface area contributed by atoms with E-state index in [9.17, 15) is 48.3 Å². The molecule has 4 aromatic heterocycles. The van der Waals surface area contributed by atoms with Crippen LogP contribution >= 0.6 is 0 Å². The van der Waals surface area contributed by atoms with E-state index in [4.69, 9.17) is 0 Å². The molecule has 48 heavy (non-hydrogen) atoms.